The number of esters is 1. The molecule has 1 fully saturated rings. The summed E-state index contributed by atoms with van der Waals surface area (Å²) in [6.07, 6.45) is 5.06. The molecule has 5 heteroatoms. The minimum absolute atomic E-state index is 0.0529. The van der Waals surface area contributed by atoms with E-state index in [0.29, 0.717) is 17.9 Å². The van der Waals surface area contributed by atoms with E-state index in [9.17, 15) is 9.59 Å². The Hall–Kier alpha value is -2.04. The highest BCUT2D eigenvalue weighted by molar-refractivity contribution is 5.94. The summed E-state index contributed by atoms with van der Waals surface area (Å²) in [5.74, 6) is 0.400. The fourth-order valence-electron chi connectivity index (χ4n) is 2.82. The highest BCUT2D eigenvalue weighted by Gasteiger charge is 2.18. The van der Waals surface area contributed by atoms with Crippen LogP contribution in [0.2, 0.25) is 0 Å². The van der Waals surface area contributed by atoms with Gasteiger partial charge in [-0.3, -0.25) is 4.79 Å². The van der Waals surface area contributed by atoms with Crippen LogP contribution >= 0.6 is 0 Å². The third-order valence-corrected chi connectivity index (χ3v) is 4.26. The molecule has 138 valence electrons. The minimum atomic E-state index is -0.680. The molecule has 0 aliphatic heterocycles. The Kier molecular flexibility index (Phi) is 7.29. The van der Waals surface area contributed by atoms with Crippen LogP contribution in [0.3, 0.4) is 0 Å². The van der Waals surface area contributed by atoms with Gasteiger partial charge in [0.1, 0.15) is 5.75 Å². The fourth-order valence-corrected chi connectivity index (χ4v) is 2.82. The molecule has 0 radical (unpaired) electrons. The molecular weight excluding hydrogens is 318 g/mol. The number of carbonyl (C=O) groups excluding carboxylic acids is 2. The summed E-state index contributed by atoms with van der Waals surface area (Å²) in [7, 11) is 0. The number of nitrogens with one attached hydrogen (secondary N) is 1. The maximum absolute atomic E-state index is 12.3. The topological polar surface area (TPSA) is 64.6 Å². The molecule has 0 heterocycles. The molecule has 5 nitrogen and oxygen atoms in total. The zero-order chi connectivity index (χ0) is 18.2. The molecule has 0 unspecified atom stereocenters. The number of ether oxygens (including phenoxy) is 2. The molecule has 1 N–H and O–H groups in total. The Labute approximate surface area is 150 Å². The predicted octanol–water partition coefficient (Wildman–Crippen LogP) is 3.72. The zero-order valence-electron chi connectivity index (χ0n) is 15.4. The molecule has 1 aliphatic rings. The van der Waals surface area contributed by atoms with Crippen LogP contribution in [0.15, 0.2) is 24.3 Å². The van der Waals surface area contributed by atoms with E-state index >= 15 is 0 Å². The van der Waals surface area contributed by atoms with E-state index in [2.05, 4.69) is 5.32 Å². The van der Waals surface area contributed by atoms with Crippen molar-refractivity contribution >= 4 is 11.9 Å². The van der Waals surface area contributed by atoms with Crippen LogP contribution < -0.4 is 10.1 Å². The van der Waals surface area contributed by atoms with Crippen LogP contribution in [0.1, 0.15) is 63.2 Å². The van der Waals surface area contributed by atoms with Gasteiger partial charge in [0.05, 0.1) is 6.61 Å². The summed E-state index contributed by atoms with van der Waals surface area (Å²) >= 11 is 0. The Bertz CT molecular complexity index is 562. The molecule has 1 aromatic rings. The summed E-state index contributed by atoms with van der Waals surface area (Å²) < 4.78 is 10.7. The van der Waals surface area contributed by atoms with E-state index in [1.54, 1.807) is 31.2 Å². The van der Waals surface area contributed by atoms with Crippen molar-refractivity contribution in [1.29, 1.82) is 0 Å². The number of rotatable bonds is 7. The van der Waals surface area contributed by atoms with Crippen LogP contribution in [0.4, 0.5) is 0 Å². The first-order chi connectivity index (χ1) is 12.0. The lowest BCUT2D eigenvalue weighted by atomic mass is 9.95. The molecule has 0 aromatic heterocycles. The van der Waals surface area contributed by atoms with Crippen molar-refractivity contribution < 1.29 is 19.1 Å². The highest BCUT2D eigenvalue weighted by Crippen LogP contribution is 2.19. The summed E-state index contributed by atoms with van der Waals surface area (Å²) in [5, 5.41) is 3.09. The largest absolute Gasteiger partial charge is 0.479 e. The van der Waals surface area contributed by atoms with Crippen LogP contribution in [-0.4, -0.2) is 30.6 Å². The van der Waals surface area contributed by atoms with Gasteiger partial charge in [0.2, 0.25) is 0 Å². The Morgan fingerprint density at radius 2 is 1.72 bits per heavy atom. The Morgan fingerprint density at radius 3 is 2.32 bits per heavy atom. The van der Waals surface area contributed by atoms with Gasteiger partial charge in [-0.25, -0.2) is 4.79 Å². The van der Waals surface area contributed by atoms with Gasteiger partial charge in [0.15, 0.2) is 6.10 Å². The minimum Gasteiger partial charge on any atom is -0.479 e. The smallest absolute Gasteiger partial charge is 0.347 e. The molecule has 1 aromatic carbocycles. The standard InChI is InChI=1S/C20H29NO4/c1-14(2)13-24-20(23)15(3)25-18-11-9-16(10-12-18)19(22)21-17-7-5-4-6-8-17/h9-12,14-15,17H,4-8,13H2,1-3H3,(H,21,22)/t15-/m0/s1. The maximum atomic E-state index is 12.3. The van der Waals surface area contributed by atoms with E-state index < -0.39 is 6.10 Å². The van der Waals surface area contributed by atoms with Crippen LogP contribution in [-0.2, 0) is 9.53 Å². The normalized spacial score (nSPS) is 16.3. The molecular formula is C20H29NO4. The van der Waals surface area contributed by atoms with E-state index in [0.717, 1.165) is 12.8 Å². The van der Waals surface area contributed by atoms with Crippen molar-refractivity contribution in [2.45, 2.75) is 65.0 Å². The zero-order valence-corrected chi connectivity index (χ0v) is 15.4. The third kappa shape index (κ3) is 6.40. The molecule has 2 rings (SSSR count). The van der Waals surface area contributed by atoms with Crippen LogP contribution in [0.25, 0.3) is 0 Å². The monoisotopic (exact) mass is 347 g/mol. The van der Waals surface area contributed by atoms with E-state index in [1.807, 2.05) is 13.8 Å². The van der Waals surface area contributed by atoms with Gasteiger partial charge in [-0.15, -0.1) is 0 Å². The van der Waals surface area contributed by atoms with Crippen molar-refractivity contribution in [2.75, 3.05) is 6.61 Å². The third-order valence-electron chi connectivity index (χ3n) is 4.26. The summed E-state index contributed by atoms with van der Waals surface area (Å²) in [5.41, 5.74) is 0.605. The number of hydrogen-bond donors (Lipinski definition) is 1. The second-order valence-corrected chi connectivity index (χ2v) is 7.12. The van der Waals surface area contributed by atoms with E-state index in [-0.39, 0.29) is 23.8 Å². The quantitative estimate of drug-likeness (QED) is 0.764. The van der Waals surface area contributed by atoms with Crippen molar-refractivity contribution in [3.63, 3.8) is 0 Å². The molecule has 1 atom stereocenters. The van der Waals surface area contributed by atoms with Gasteiger partial charge >= 0.3 is 5.97 Å². The average Bonchev–Trinajstić information content (AvgIpc) is 2.61. The first-order valence-corrected chi connectivity index (χ1v) is 9.20. The molecule has 1 aliphatic carbocycles. The van der Waals surface area contributed by atoms with Gasteiger partial charge in [-0.2, -0.15) is 0 Å². The predicted molar refractivity (Wildman–Crippen MR) is 96.7 cm³/mol. The number of benzene rings is 1. The highest BCUT2D eigenvalue weighted by atomic mass is 16.6. The Balaban J connectivity index is 1.84. The second-order valence-electron chi connectivity index (χ2n) is 7.12. The molecule has 0 saturated heterocycles. The lowest BCUT2D eigenvalue weighted by Gasteiger charge is -2.22. The van der Waals surface area contributed by atoms with E-state index in [1.165, 1.54) is 19.3 Å². The molecule has 0 spiro atoms. The maximum Gasteiger partial charge on any atom is 0.347 e. The van der Waals surface area contributed by atoms with Gasteiger partial charge < -0.3 is 14.8 Å². The number of amides is 1. The van der Waals surface area contributed by atoms with Crippen molar-refractivity contribution in [3.05, 3.63) is 29.8 Å². The van der Waals surface area contributed by atoms with E-state index in [4.69, 9.17) is 9.47 Å². The van der Waals surface area contributed by atoms with Crippen LogP contribution in [0, 0.1) is 5.92 Å². The summed E-state index contributed by atoms with van der Waals surface area (Å²) in [6, 6.07) is 7.15. The fraction of sp³-hybridized carbons (Fsp3) is 0.600. The van der Waals surface area contributed by atoms with Crippen molar-refractivity contribution in [1.82, 2.24) is 5.32 Å². The lowest BCUT2D eigenvalue weighted by Crippen LogP contribution is -2.36. The average molecular weight is 347 g/mol. The molecule has 1 amide bonds. The second kappa shape index (κ2) is 9.44. The number of carbonyl (C=O) groups is 2. The molecule has 1 saturated carbocycles. The first kappa shape index (κ1) is 19.3. The molecule has 0 bridgehead atoms. The van der Waals surface area contributed by atoms with Crippen LogP contribution in [0.5, 0.6) is 5.75 Å². The van der Waals surface area contributed by atoms with Gasteiger partial charge in [0.25, 0.3) is 5.91 Å². The molecule has 25 heavy (non-hydrogen) atoms. The van der Waals surface area contributed by atoms with Gasteiger partial charge in [-0.1, -0.05) is 33.1 Å². The summed E-state index contributed by atoms with van der Waals surface area (Å²) in [4.78, 5) is 24.1. The van der Waals surface area contributed by atoms with Crippen molar-refractivity contribution in [2.24, 2.45) is 5.92 Å². The first-order valence-electron chi connectivity index (χ1n) is 9.20. The summed E-state index contributed by atoms with van der Waals surface area (Å²) in [6.45, 7) is 6.00. The SMILES string of the molecule is CC(C)COC(=O)[C@H](C)Oc1ccc(C(=O)NC2CCCCC2)cc1. The van der Waals surface area contributed by atoms with Crippen molar-refractivity contribution in [3.8, 4) is 5.75 Å². The number of hydrogen-bond acceptors (Lipinski definition) is 4. The lowest BCUT2D eigenvalue weighted by molar-refractivity contribution is -0.152. The Morgan fingerprint density at radius 1 is 1.08 bits per heavy atom. The van der Waals surface area contributed by atoms with Gasteiger partial charge in [-0.05, 0) is 49.9 Å². The van der Waals surface area contributed by atoms with Gasteiger partial charge in [0, 0.05) is 11.6 Å².